The first-order valence-corrected chi connectivity index (χ1v) is 4.04. The number of hydrogen-bond acceptors (Lipinski definition) is 4. The Morgan fingerprint density at radius 2 is 2.07 bits per heavy atom. The molecule has 4 heteroatoms. The molecule has 0 saturated heterocycles. The maximum atomic E-state index is 9.68. The fourth-order valence-corrected chi connectivity index (χ4v) is 1.18. The van der Waals surface area contributed by atoms with Crippen molar-refractivity contribution < 1.29 is 14.6 Å². The molecule has 0 unspecified atom stereocenters. The summed E-state index contributed by atoms with van der Waals surface area (Å²) in [6.07, 6.45) is 0.145. The van der Waals surface area contributed by atoms with Crippen molar-refractivity contribution in [3.05, 3.63) is 17.7 Å². The van der Waals surface area contributed by atoms with Crippen LogP contribution >= 0.6 is 0 Å². The van der Waals surface area contributed by atoms with E-state index in [-0.39, 0.29) is 17.9 Å². The van der Waals surface area contributed by atoms with Gasteiger partial charge in [-0.3, -0.25) is 0 Å². The van der Waals surface area contributed by atoms with Crippen LogP contribution in [0.1, 0.15) is 5.56 Å². The maximum absolute atomic E-state index is 9.68. The molecule has 74 valence electrons. The van der Waals surface area contributed by atoms with E-state index in [0.29, 0.717) is 11.3 Å². The lowest BCUT2D eigenvalue weighted by atomic mass is 10.1. The number of nitriles is 1. The molecule has 4 nitrogen and oxygen atoms in total. The molecule has 0 aliphatic heterocycles. The first-order chi connectivity index (χ1) is 6.74. The molecule has 0 bridgehead atoms. The molecule has 1 N–H and O–H groups in total. The van der Waals surface area contributed by atoms with Gasteiger partial charge in [-0.25, -0.2) is 0 Å². The Morgan fingerprint density at radius 1 is 1.36 bits per heavy atom. The number of rotatable bonds is 3. The smallest absolute Gasteiger partial charge is 0.203 e. The highest BCUT2D eigenvalue weighted by molar-refractivity contribution is 5.55. The summed E-state index contributed by atoms with van der Waals surface area (Å²) < 4.78 is 9.95. The van der Waals surface area contributed by atoms with Crippen LogP contribution in [0.3, 0.4) is 0 Å². The van der Waals surface area contributed by atoms with Gasteiger partial charge in [-0.15, -0.1) is 0 Å². The molecule has 0 atom stereocenters. The lowest BCUT2D eigenvalue weighted by molar-refractivity contribution is 0.331. The van der Waals surface area contributed by atoms with Gasteiger partial charge in [0.2, 0.25) is 5.75 Å². The SMILES string of the molecule is COc1ccc(CC#N)c(O)c1OC. The summed E-state index contributed by atoms with van der Waals surface area (Å²) in [6, 6.07) is 5.25. The number of phenolic OH excluding ortho intramolecular Hbond substituents is 1. The Kier molecular flexibility index (Phi) is 3.19. The normalized spacial score (nSPS) is 9.21. The molecule has 0 heterocycles. The van der Waals surface area contributed by atoms with E-state index in [1.165, 1.54) is 14.2 Å². The first kappa shape index (κ1) is 10.2. The van der Waals surface area contributed by atoms with Gasteiger partial charge in [0.05, 0.1) is 26.7 Å². The number of nitrogens with zero attached hydrogens (tertiary/aromatic N) is 1. The van der Waals surface area contributed by atoms with Crippen molar-refractivity contribution in [3.8, 4) is 23.3 Å². The molecule has 0 aromatic heterocycles. The Labute approximate surface area is 82.3 Å². The predicted octanol–water partition coefficient (Wildman–Crippen LogP) is 1.48. The minimum absolute atomic E-state index is 0.0339. The van der Waals surface area contributed by atoms with Gasteiger partial charge < -0.3 is 14.6 Å². The Balaban J connectivity index is 3.21. The fourth-order valence-electron chi connectivity index (χ4n) is 1.18. The average Bonchev–Trinajstić information content (AvgIpc) is 2.21. The Hall–Kier alpha value is -1.89. The topological polar surface area (TPSA) is 62.5 Å². The van der Waals surface area contributed by atoms with Crippen LogP contribution in [-0.4, -0.2) is 19.3 Å². The van der Waals surface area contributed by atoms with Crippen LogP contribution in [0.15, 0.2) is 12.1 Å². The van der Waals surface area contributed by atoms with Crippen molar-refractivity contribution in [1.29, 1.82) is 5.26 Å². The minimum Gasteiger partial charge on any atom is -0.504 e. The molecular weight excluding hydrogens is 182 g/mol. The number of aromatic hydroxyl groups is 1. The lowest BCUT2D eigenvalue weighted by Gasteiger charge is -2.10. The largest absolute Gasteiger partial charge is 0.504 e. The highest BCUT2D eigenvalue weighted by Gasteiger charge is 2.13. The summed E-state index contributed by atoms with van der Waals surface area (Å²) in [4.78, 5) is 0. The summed E-state index contributed by atoms with van der Waals surface area (Å²) in [5.41, 5.74) is 0.533. The third kappa shape index (κ3) is 1.72. The molecule has 1 aromatic rings. The quantitative estimate of drug-likeness (QED) is 0.789. The van der Waals surface area contributed by atoms with E-state index < -0.39 is 0 Å². The summed E-state index contributed by atoms with van der Waals surface area (Å²) >= 11 is 0. The van der Waals surface area contributed by atoms with Crippen LogP contribution in [0.4, 0.5) is 0 Å². The maximum Gasteiger partial charge on any atom is 0.203 e. The van der Waals surface area contributed by atoms with Gasteiger partial charge in [-0.2, -0.15) is 5.26 Å². The molecule has 1 rings (SSSR count). The molecular formula is C10H11NO3. The zero-order valence-corrected chi connectivity index (χ0v) is 8.07. The van der Waals surface area contributed by atoms with Crippen LogP contribution < -0.4 is 9.47 Å². The number of phenols is 1. The third-order valence-electron chi connectivity index (χ3n) is 1.87. The van der Waals surface area contributed by atoms with Crippen molar-refractivity contribution in [3.63, 3.8) is 0 Å². The second-order valence-corrected chi connectivity index (χ2v) is 2.64. The van der Waals surface area contributed by atoms with E-state index in [4.69, 9.17) is 14.7 Å². The van der Waals surface area contributed by atoms with E-state index in [1.807, 2.05) is 6.07 Å². The number of methoxy groups -OCH3 is 2. The van der Waals surface area contributed by atoms with Crippen LogP contribution in [-0.2, 0) is 6.42 Å². The Bertz CT molecular complexity index is 368. The summed E-state index contributed by atoms with van der Waals surface area (Å²) in [5.74, 6) is 0.681. The zero-order valence-electron chi connectivity index (χ0n) is 8.07. The highest BCUT2D eigenvalue weighted by Crippen LogP contribution is 2.38. The van der Waals surface area contributed by atoms with E-state index in [0.717, 1.165) is 0 Å². The van der Waals surface area contributed by atoms with E-state index in [9.17, 15) is 5.11 Å². The summed E-state index contributed by atoms with van der Waals surface area (Å²) in [7, 11) is 2.93. The van der Waals surface area contributed by atoms with Gasteiger partial charge in [0.25, 0.3) is 0 Å². The first-order valence-electron chi connectivity index (χ1n) is 4.04. The Morgan fingerprint density at radius 3 is 2.57 bits per heavy atom. The molecule has 0 spiro atoms. The van der Waals surface area contributed by atoms with E-state index in [1.54, 1.807) is 12.1 Å². The lowest BCUT2D eigenvalue weighted by Crippen LogP contribution is -1.93. The monoisotopic (exact) mass is 193 g/mol. The summed E-state index contributed by atoms with van der Waals surface area (Å²) in [6.45, 7) is 0. The fraction of sp³-hybridized carbons (Fsp3) is 0.300. The molecule has 0 amide bonds. The molecule has 0 saturated carbocycles. The number of ether oxygens (including phenoxy) is 2. The molecule has 0 aliphatic carbocycles. The van der Waals surface area contributed by atoms with Crippen LogP contribution in [0, 0.1) is 11.3 Å². The van der Waals surface area contributed by atoms with Crippen LogP contribution in [0.25, 0.3) is 0 Å². The molecule has 1 aromatic carbocycles. The van der Waals surface area contributed by atoms with Crippen molar-refractivity contribution in [1.82, 2.24) is 0 Å². The number of benzene rings is 1. The molecule has 14 heavy (non-hydrogen) atoms. The van der Waals surface area contributed by atoms with Crippen molar-refractivity contribution in [2.75, 3.05) is 14.2 Å². The molecule has 0 fully saturated rings. The zero-order chi connectivity index (χ0) is 10.6. The van der Waals surface area contributed by atoms with Gasteiger partial charge in [0.15, 0.2) is 11.5 Å². The second kappa shape index (κ2) is 4.38. The van der Waals surface area contributed by atoms with E-state index in [2.05, 4.69) is 0 Å². The standard InChI is InChI=1S/C10H11NO3/c1-13-8-4-3-7(5-6-11)9(12)10(8)14-2/h3-4,12H,5H2,1-2H3. The van der Waals surface area contributed by atoms with Gasteiger partial charge >= 0.3 is 0 Å². The van der Waals surface area contributed by atoms with Crippen molar-refractivity contribution >= 4 is 0 Å². The average molecular weight is 193 g/mol. The molecule has 0 aliphatic rings. The van der Waals surface area contributed by atoms with Gasteiger partial charge in [0.1, 0.15) is 0 Å². The van der Waals surface area contributed by atoms with Crippen LogP contribution in [0.2, 0.25) is 0 Å². The van der Waals surface area contributed by atoms with Gasteiger partial charge in [-0.1, -0.05) is 6.07 Å². The molecule has 0 radical (unpaired) electrons. The van der Waals surface area contributed by atoms with E-state index >= 15 is 0 Å². The minimum atomic E-state index is -0.0339. The number of hydrogen-bond donors (Lipinski definition) is 1. The van der Waals surface area contributed by atoms with Gasteiger partial charge in [0, 0.05) is 5.56 Å². The highest BCUT2D eigenvalue weighted by atomic mass is 16.5. The van der Waals surface area contributed by atoms with Crippen molar-refractivity contribution in [2.45, 2.75) is 6.42 Å². The second-order valence-electron chi connectivity index (χ2n) is 2.64. The predicted molar refractivity (Wildman–Crippen MR) is 50.5 cm³/mol. The van der Waals surface area contributed by atoms with Gasteiger partial charge in [-0.05, 0) is 6.07 Å². The van der Waals surface area contributed by atoms with Crippen LogP contribution in [0.5, 0.6) is 17.2 Å². The third-order valence-corrected chi connectivity index (χ3v) is 1.87. The summed E-state index contributed by atoms with van der Waals surface area (Å²) in [5, 5.41) is 18.2. The van der Waals surface area contributed by atoms with Crippen molar-refractivity contribution in [2.24, 2.45) is 0 Å².